The van der Waals surface area contributed by atoms with Gasteiger partial charge in [0, 0.05) is 44.1 Å². The quantitative estimate of drug-likeness (QED) is 0.655. The Bertz CT molecular complexity index is 229. The fourth-order valence-corrected chi connectivity index (χ4v) is 1.06. The first-order valence-electron chi connectivity index (χ1n) is 3.97. The van der Waals surface area contributed by atoms with Crippen LogP contribution in [0.15, 0.2) is 24.3 Å². The number of nitrogen functional groups attached to an aromatic ring is 1. The van der Waals surface area contributed by atoms with Crippen molar-refractivity contribution >= 4 is 11.4 Å². The Morgan fingerprint density at radius 1 is 1.08 bits per heavy atom. The zero-order valence-electron chi connectivity index (χ0n) is 7.74. The van der Waals surface area contributed by atoms with Gasteiger partial charge < -0.3 is 24.5 Å². The normalized spacial score (nSPS) is 9.08. The van der Waals surface area contributed by atoms with Crippen molar-refractivity contribution in [2.45, 2.75) is 0 Å². The van der Waals surface area contributed by atoms with Crippen LogP contribution in [0.25, 0.3) is 0 Å². The second-order valence-electron chi connectivity index (χ2n) is 2.58. The minimum atomic E-state index is 0. The van der Waals surface area contributed by atoms with E-state index in [0.717, 1.165) is 24.5 Å². The molecule has 69 valence electrons. The van der Waals surface area contributed by atoms with Gasteiger partial charge in [0.25, 0.3) is 0 Å². The summed E-state index contributed by atoms with van der Waals surface area (Å²) in [7, 11) is 0. The predicted molar refractivity (Wildman–Crippen MR) is 53.8 cm³/mol. The van der Waals surface area contributed by atoms with Gasteiger partial charge in [0.2, 0.25) is 0 Å². The molecule has 0 aliphatic carbocycles. The van der Waals surface area contributed by atoms with Gasteiger partial charge in [-0.05, 0) is 24.3 Å². The van der Waals surface area contributed by atoms with Crippen molar-refractivity contribution in [2.24, 2.45) is 0 Å². The summed E-state index contributed by atoms with van der Waals surface area (Å²) in [6.07, 6.45) is 0. The van der Waals surface area contributed by atoms with Gasteiger partial charge in [0.1, 0.15) is 0 Å². The molecule has 0 fully saturated rings. The van der Waals surface area contributed by atoms with Crippen LogP contribution in [0, 0.1) is 13.8 Å². The molecule has 0 amide bonds. The second kappa shape index (κ2) is 6.39. The van der Waals surface area contributed by atoms with Crippen molar-refractivity contribution < 1.29 is 32.7 Å². The van der Waals surface area contributed by atoms with E-state index >= 15 is 0 Å². The zero-order valence-corrected chi connectivity index (χ0v) is 10.6. The number of benzene rings is 1. The second-order valence-corrected chi connectivity index (χ2v) is 2.58. The molecule has 2 nitrogen and oxygen atoms in total. The van der Waals surface area contributed by atoms with Crippen LogP contribution >= 0.6 is 0 Å². The topological polar surface area (TPSA) is 29.3 Å². The molecule has 1 aromatic carbocycles. The van der Waals surface area contributed by atoms with Gasteiger partial charge in [-0.1, -0.05) is 0 Å². The molecule has 0 aromatic heterocycles. The van der Waals surface area contributed by atoms with E-state index in [1.807, 2.05) is 24.3 Å². The van der Waals surface area contributed by atoms with E-state index < -0.39 is 0 Å². The van der Waals surface area contributed by atoms with Crippen LogP contribution in [-0.4, -0.2) is 13.1 Å². The molecule has 2 N–H and O–H groups in total. The summed E-state index contributed by atoms with van der Waals surface area (Å²) in [4.78, 5) is 2.07. The Labute approximate surface area is 105 Å². The molecule has 13 heavy (non-hydrogen) atoms. The standard InChI is InChI=1S/C10H14N2.Y/c1-3-12(4-2)10-7-5-9(11)6-8-10;/h5-8H,1-4,11H2;/q-2;. The molecular weight excluding hydrogens is 237 g/mol. The number of hydrogen-bond donors (Lipinski definition) is 1. The fourth-order valence-electron chi connectivity index (χ4n) is 1.06. The maximum absolute atomic E-state index is 5.56. The van der Waals surface area contributed by atoms with Crippen LogP contribution in [0.2, 0.25) is 0 Å². The first kappa shape index (κ1) is 12.9. The van der Waals surface area contributed by atoms with E-state index in [4.69, 9.17) is 5.73 Å². The van der Waals surface area contributed by atoms with Crippen LogP contribution in [0.1, 0.15) is 0 Å². The minimum Gasteiger partial charge on any atom is -0.432 e. The van der Waals surface area contributed by atoms with Crippen LogP contribution < -0.4 is 10.6 Å². The molecule has 3 heteroatoms. The van der Waals surface area contributed by atoms with E-state index in [9.17, 15) is 0 Å². The van der Waals surface area contributed by atoms with Crippen LogP contribution in [0.5, 0.6) is 0 Å². The van der Waals surface area contributed by atoms with E-state index in [1.54, 1.807) is 0 Å². The molecule has 1 radical (unpaired) electrons. The molecule has 0 bridgehead atoms. The molecule has 0 saturated heterocycles. The molecule has 0 unspecified atom stereocenters. The Kier molecular flexibility index (Phi) is 6.35. The van der Waals surface area contributed by atoms with Crippen molar-refractivity contribution in [1.82, 2.24) is 0 Å². The number of anilines is 2. The molecule has 1 aromatic rings. The summed E-state index contributed by atoms with van der Waals surface area (Å²) in [5.74, 6) is 0. The summed E-state index contributed by atoms with van der Waals surface area (Å²) < 4.78 is 0. The monoisotopic (exact) mass is 251 g/mol. The Morgan fingerprint density at radius 2 is 1.54 bits per heavy atom. The molecule has 1 rings (SSSR count). The van der Waals surface area contributed by atoms with Gasteiger partial charge in [-0.15, -0.1) is 13.1 Å². The average molecular weight is 251 g/mol. The molecule has 0 saturated carbocycles. The smallest absolute Gasteiger partial charge is 0.0318 e. The predicted octanol–water partition coefficient (Wildman–Crippen LogP) is 1.74. The number of hydrogen-bond acceptors (Lipinski definition) is 2. The van der Waals surface area contributed by atoms with Crippen LogP contribution in [0.3, 0.4) is 0 Å². The number of rotatable bonds is 3. The third kappa shape index (κ3) is 3.66. The minimum absolute atomic E-state index is 0. The number of nitrogens with zero attached hydrogens (tertiary/aromatic N) is 1. The van der Waals surface area contributed by atoms with E-state index in [-0.39, 0.29) is 32.7 Å². The van der Waals surface area contributed by atoms with E-state index in [0.29, 0.717) is 0 Å². The van der Waals surface area contributed by atoms with E-state index in [1.165, 1.54) is 0 Å². The SMILES string of the molecule is [CH2-]CN(C[CH2-])c1ccc(N)cc1.[Y]. The van der Waals surface area contributed by atoms with Crippen molar-refractivity contribution in [3.63, 3.8) is 0 Å². The van der Waals surface area contributed by atoms with Crippen molar-refractivity contribution in [3.8, 4) is 0 Å². The van der Waals surface area contributed by atoms with Crippen molar-refractivity contribution in [2.75, 3.05) is 23.7 Å². The summed E-state index contributed by atoms with van der Waals surface area (Å²) in [6.45, 7) is 9.08. The largest absolute Gasteiger partial charge is 0.432 e. The maximum atomic E-state index is 5.56. The van der Waals surface area contributed by atoms with E-state index in [2.05, 4.69) is 18.7 Å². The van der Waals surface area contributed by atoms with Crippen LogP contribution in [0.4, 0.5) is 11.4 Å². The summed E-state index contributed by atoms with van der Waals surface area (Å²) in [5.41, 5.74) is 7.46. The molecular formula is C10H14N2Y-2. The molecule has 0 heterocycles. The van der Waals surface area contributed by atoms with Crippen molar-refractivity contribution in [1.29, 1.82) is 0 Å². The average Bonchev–Trinajstić information content (AvgIpc) is 2.10. The van der Waals surface area contributed by atoms with Crippen molar-refractivity contribution in [3.05, 3.63) is 38.1 Å². The Morgan fingerprint density at radius 3 is 1.92 bits per heavy atom. The molecule has 0 aliphatic heterocycles. The van der Waals surface area contributed by atoms with Crippen LogP contribution in [-0.2, 0) is 32.7 Å². The zero-order chi connectivity index (χ0) is 8.97. The van der Waals surface area contributed by atoms with Gasteiger partial charge in [-0.2, -0.15) is 0 Å². The fraction of sp³-hybridized carbons (Fsp3) is 0.200. The van der Waals surface area contributed by atoms with Gasteiger partial charge in [0.15, 0.2) is 0 Å². The Hall–Kier alpha value is -0.0761. The first-order chi connectivity index (χ1) is 5.77. The van der Waals surface area contributed by atoms with Gasteiger partial charge in [0.05, 0.1) is 0 Å². The molecule has 0 spiro atoms. The third-order valence-electron chi connectivity index (χ3n) is 1.80. The summed E-state index contributed by atoms with van der Waals surface area (Å²) >= 11 is 0. The number of nitrogens with two attached hydrogens (primary N) is 1. The molecule has 0 atom stereocenters. The Balaban J connectivity index is 0.00000144. The van der Waals surface area contributed by atoms with Gasteiger partial charge in [-0.3, -0.25) is 0 Å². The molecule has 0 aliphatic rings. The van der Waals surface area contributed by atoms with Gasteiger partial charge in [-0.25, -0.2) is 0 Å². The maximum Gasteiger partial charge on any atom is 0.0318 e. The van der Waals surface area contributed by atoms with Gasteiger partial charge >= 0.3 is 0 Å². The third-order valence-corrected chi connectivity index (χ3v) is 1.80. The summed E-state index contributed by atoms with van der Waals surface area (Å²) in [6, 6.07) is 7.72. The first-order valence-corrected chi connectivity index (χ1v) is 3.97. The summed E-state index contributed by atoms with van der Waals surface area (Å²) in [5, 5.41) is 0.